The molecule has 0 unspecified atom stereocenters. The average molecular weight is 183 g/mol. The lowest BCUT2D eigenvalue weighted by Crippen LogP contribution is -2.22. The summed E-state index contributed by atoms with van der Waals surface area (Å²) in [6, 6.07) is 0.125. The Balaban J connectivity index is 1.89. The van der Waals surface area contributed by atoms with E-state index in [0.29, 0.717) is 12.5 Å². The highest BCUT2D eigenvalue weighted by molar-refractivity contribution is 5.35. The van der Waals surface area contributed by atoms with Crippen LogP contribution in [-0.4, -0.2) is 30.6 Å². The molecule has 0 amide bonds. The largest absolute Gasteiger partial charge is 0.348 e. The molecule has 72 valence electrons. The van der Waals surface area contributed by atoms with E-state index in [1.54, 1.807) is 6.08 Å². The van der Waals surface area contributed by atoms with Gasteiger partial charge in [-0.1, -0.05) is 0 Å². The molecule has 1 aliphatic heterocycles. The van der Waals surface area contributed by atoms with Crippen LogP contribution < -0.4 is 0 Å². The highest BCUT2D eigenvalue weighted by atomic mass is 16.7. The van der Waals surface area contributed by atoms with Crippen LogP contribution in [0.1, 0.15) is 20.3 Å². The highest BCUT2D eigenvalue weighted by Crippen LogP contribution is 2.42. The molecule has 4 heteroatoms. The van der Waals surface area contributed by atoms with Crippen molar-refractivity contribution in [1.29, 1.82) is 0 Å². The molecule has 3 atom stereocenters. The van der Waals surface area contributed by atoms with E-state index in [1.165, 1.54) is 0 Å². The summed E-state index contributed by atoms with van der Waals surface area (Å²) in [5, 5.41) is 0. The van der Waals surface area contributed by atoms with E-state index in [-0.39, 0.29) is 12.1 Å². The van der Waals surface area contributed by atoms with Gasteiger partial charge in [0.2, 0.25) is 6.08 Å². The van der Waals surface area contributed by atoms with Crippen molar-refractivity contribution in [2.45, 2.75) is 38.2 Å². The minimum absolute atomic E-state index is 0.108. The van der Waals surface area contributed by atoms with Crippen molar-refractivity contribution in [3.63, 3.8) is 0 Å². The minimum atomic E-state index is -0.470. The molecule has 1 saturated heterocycles. The Morgan fingerprint density at radius 1 is 1.54 bits per heavy atom. The van der Waals surface area contributed by atoms with Crippen molar-refractivity contribution in [2.24, 2.45) is 10.9 Å². The first-order valence-corrected chi connectivity index (χ1v) is 4.51. The van der Waals surface area contributed by atoms with Gasteiger partial charge in [-0.05, 0) is 20.3 Å². The molecule has 0 spiro atoms. The quantitative estimate of drug-likeness (QED) is 0.471. The standard InChI is InChI=1S/C9H13NO3/c1-9(2)12-4-8(13-9)6-3-7(6)10-5-11/h6-8H,3-4H2,1-2H3/t6-,7+,8-/m1/s1. The van der Waals surface area contributed by atoms with Gasteiger partial charge >= 0.3 is 0 Å². The first kappa shape index (κ1) is 8.88. The van der Waals surface area contributed by atoms with Gasteiger partial charge in [-0.2, -0.15) is 0 Å². The highest BCUT2D eigenvalue weighted by Gasteiger charge is 2.49. The molecular formula is C9H13NO3. The van der Waals surface area contributed by atoms with Gasteiger partial charge in [0.25, 0.3) is 0 Å². The molecule has 1 saturated carbocycles. The Kier molecular flexibility index (Phi) is 1.99. The van der Waals surface area contributed by atoms with Crippen LogP contribution in [0.3, 0.4) is 0 Å². The zero-order chi connectivity index (χ0) is 9.47. The third-order valence-electron chi connectivity index (χ3n) is 2.53. The van der Waals surface area contributed by atoms with Crippen LogP contribution in [0.4, 0.5) is 0 Å². The summed E-state index contributed by atoms with van der Waals surface area (Å²) in [5.74, 6) is -0.105. The van der Waals surface area contributed by atoms with Gasteiger partial charge in [0.15, 0.2) is 5.79 Å². The number of nitrogens with zero attached hydrogens (tertiary/aromatic N) is 1. The van der Waals surface area contributed by atoms with Crippen molar-refractivity contribution in [3.8, 4) is 0 Å². The summed E-state index contributed by atoms with van der Waals surface area (Å²) in [7, 11) is 0. The van der Waals surface area contributed by atoms with E-state index in [1.807, 2.05) is 13.8 Å². The predicted molar refractivity (Wildman–Crippen MR) is 44.9 cm³/mol. The Morgan fingerprint density at radius 2 is 2.31 bits per heavy atom. The Labute approximate surface area is 76.9 Å². The maximum absolute atomic E-state index is 9.98. The number of rotatable bonds is 2. The van der Waals surface area contributed by atoms with Gasteiger partial charge < -0.3 is 9.47 Å². The van der Waals surface area contributed by atoms with E-state index in [4.69, 9.17) is 9.47 Å². The van der Waals surface area contributed by atoms with Crippen molar-refractivity contribution >= 4 is 6.08 Å². The average Bonchev–Trinajstić information content (AvgIpc) is 2.70. The van der Waals surface area contributed by atoms with Crippen LogP contribution in [0, 0.1) is 5.92 Å². The normalized spacial score (nSPS) is 41.2. The second-order valence-electron chi connectivity index (χ2n) is 4.05. The summed E-state index contributed by atoms with van der Waals surface area (Å²) < 4.78 is 11.1. The number of ether oxygens (including phenoxy) is 2. The molecule has 0 aromatic rings. The van der Waals surface area contributed by atoms with E-state index >= 15 is 0 Å². The van der Waals surface area contributed by atoms with Crippen molar-refractivity contribution in [3.05, 3.63) is 0 Å². The van der Waals surface area contributed by atoms with E-state index in [9.17, 15) is 4.79 Å². The lowest BCUT2D eigenvalue weighted by Gasteiger charge is -2.16. The van der Waals surface area contributed by atoms with Crippen LogP contribution in [0.15, 0.2) is 4.99 Å². The Hall–Kier alpha value is -0.700. The fraction of sp³-hybridized carbons (Fsp3) is 0.889. The molecule has 2 fully saturated rings. The fourth-order valence-electron chi connectivity index (χ4n) is 1.74. The summed E-state index contributed by atoms with van der Waals surface area (Å²) in [4.78, 5) is 13.6. The lowest BCUT2D eigenvalue weighted by molar-refractivity contribution is -0.140. The summed E-state index contributed by atoms with van der Waals surface area (Å²) in [6.45, 7) is 4.41. The topological polar surface area (TPSA) is 47.9 Å². The van der Waals surface area contributed by atoms with Gasteiger partial charge in [-0.15, -0.1) is 0 Å². The zero-order valence-corrected chi connectivity index (χ0v) is 7.82. The molecule has 2 rings (SSSR count). The molecule has 2 aliphatic rings. The number of hydrogen-bond donors (Lipinski definition) is 0. The van der Waals surface area contributed by atoms with E-state index < -0.39 is 5.79 Å². The van der Waals surface area contributed by atoms with Crippen LogP contribution in [0.5, 0.6) is 0 Å². The summed E-state index contributed by atoms with van der Waals surface area (Å²) in [5.41, 5.74) is 0. The van der Waals surface area contributed by atoms with Crippen LogP contribution in [-0.2, 0) is 14.3 Å². The summed E-state index contributed by atoms with van der Waals surface area (Å²) >= 11 is 0. The number of aliphatic imine (C=N–C) groups is 1. The predicted octanol–water partition coefficient (Wildman–Crippen LogP) is 0.862. The number of hydrogen-bond acceptors (Lipinski definition) is 4. The fourth-order valence-corrected chi connectivity index (χ4v) is 1.74. The van der Waals surface area contributed by atoms with Crippen molar-refractivity contribution in [1.82, 2.24) is 0 Å². The van der Waals surface area contributed by atoms with Crippen molar-refractivity contribution in [2.75, 3.05) is 6.61 Å². The third kappa shape index (κ3) is 1.80. The molecule has 4 nitrogen and oxygen atoms in total. The SMILES string of the molecule is CC1(C)OC[C@H]([C@@H]2C[C@@H]2N=C=O)O1. The van der Waals surface area contributed by atoms with Crippen molar-refractivity contribution < 1.29 is 14.3 Å². The van der Waals surface area contributed by atoms with Crippen LogP contribution >= 0.6 is 0 Å². The van der Waals surface area contributed by atoms with E-state index in [2.05, 4.69) is 4.99 Å². The van der Waals surface area contributed by atoms with Gasteiger partial charge in [-0.3, -0.25) is 0 Å². The zero-order valence-electron chi connectivity index (χ0n) is 7.82. The van der Waals surface area contributed by atoms with Crippen LogP contribution in [0.25, 0.3) is 0 Å². The molecule has 1 heterocycles. The number of carbonyl (C=O) groups excluding carboxylic acids is 1. The maximum Gasteiger partial charge on any atom is 0.235 e. The molecule has 13 heavy (non-hydrogen) atoms. The Morgan fingerprint density at radius 3 is 2.85 bits per heavy atom. The van der Waals surface area contributed by atoms with Crippen LogP contribution in [0.2, 0.25) is 0 Å². The second kappa shape index (κ2) is 2.91. The molecule has 0 radical (unpaired) electrons. The molecule has 0 bridgehead atoms. The second-order valence-corrected chi connectivity index (χ2v) is 4.05. The summed E-state index contributed by atoms with van der Waals surface area (Å²) in [6.07, 6.45) is 2.62. The van der Waals surface area contributed by atoms with Gasteiger partial charge in [0.05, 0.1) is 18.8 Å². The minimum Gasteiger partial charge on any atom is -0.348 e. The maximum atomic E-state index is 9.98. The molecule has 0 N–H and O–H groups in total. The first-order valence-electron chi connectivity index (χ1n) is 4.51. The first-order chi connectivity index (χ1) is 6.12. The lowest BCUT2D eigenvalue weighted by atomic mass is 10.2. The molecular weight excluding hydrogens is 170 g/mol. The third-order valence-corrected chi connectivity index (χ3v) is 2.53. The van der Waals surface area contributed by atoms with E-state index in [0.717, 1.165) is 6.42 Å². The Bertz CT molecular complexity index is 258. The van der Waals surface area contributed by atoms with Gasteiger partial charge in [-0.25, -0.2) is 9.79 Å². The monoisotopic (exact) mass is 183 g/mol. The smallest absolute Gasteiger partial charge is 0.235 e. The number of isocyanates is 1. The molecule has 0 aromatic carbocycles. The molecule has 0 aromatic heterocycles. The molecule has 1 aliphatic carbocycles. The van der Waals surface area contributed by atoms with Gasteiger partial charge in [0.1, 0.15) is 0 Å². The van der Waals surface area contributed by atoms with Gasteiger partial charge in [0, 0.05) is 5.92 Å².